The molecule has 2 aliphatic rings. The van der Waals surface area contributed by atoms with Crippen LogP contribution in [-0.2, 0) is 20.8 Å². The van der Waals surface area contributed by atoms with E-state index in [1.54, 1.807) is 23.6 Å². The Balaban J connectivity index is 0.000000186. The van der Waals surface area contributed by atoms with Gasteiger partial charge in [-0.1, -0.05) is 64.3 Å². The Hall–Kier alpha value is -1.74. The Morgan fingerprint density at radius 2 is 1.18 bits per heavy atom. The number of amides is 2. The highest BCUT2D eigenvalue weighted by Crippen LogP contribution is 2.45. The van der Waals surface area contributed by atoms with Gasteiger partial charge in [0.15, 0.2) is 11.2 Å². The Kier molecular flexibility index (Phi) is 7.73. The maximum atomic E-state index is 12.2. The summed E-state index contributed by atoms with van der Waals surface area (Å²) in [5.41, 5.74) is 0.164. The number of hydrogen-bond acceptors (Lipinski definition) is 4. The molecular formula is C25H30Br2N2O4. The normalized spacial score (nSPS) is 23.4. The fraction of sp³-hybridized carbons (Fsp3) is 0.440. The van der Waals surface area contributed by atoms with E-state index in [0.29, 0.717) is 24.2 Å². The van der Waals surface area contributed by atoms with Crippen molar-refractivity contribution in [3.8, 4) is 0 Å². The van der Waals surface area contributed by atoms with Crippen LogP contribution in [0.3, 0.4) is 0 Å². The van der Waals surface area contributed by atoms with E-state index in [1.807, 2.05) is 43.3 Å². The third-order valence-electron chi connectivity index (χ3n) is 6.04. The molecule has 2 N–H and O–H groups in total. The molecule has 2 heterocycles. The number of nitrogens with zero attached hydrogens (tertiary/aromatic N) is 2. The van der Waals surface area contributed by atoms with Crippen molar-refractivity contribution in [3.05, 3.63) is 56.5 Å². The van der Waals surface area contributed by atoms with E-state index in [4.69, 9.17) is 0 Å². The summed E-state index contributed by atoms with van der Waals surface area (Å²) in [4.78, 5) is 27.6. The molecule has 0 aliphatic carbocycles. The predicted molar refractivity (Wildman–Crippen MR) is 137 cm³/mol. The van der Waals surface area contributed by atoms with Crippen LogP contribution >= 0.6 is 31.9 Å². The Labute approximate surface area is 211 Å². The van der Waals surface area contributed by atoms with Gasteiger partial charge in [-0.15, -0.1) is 0 Å². The predicted octanol–water partition coefficient (Wildman–Crippen LogP) is 5.22. The van der Waals surface area contributed by atoms with Crippen LogP contribution in [0.1, 0.15) is 58.1 Å². The van der Waals surface area contributed by atoms with Crippen molar-refractivity contribution in [2.24, 2.45) is 0 Å². The van der Waals surface area contributed by atoms with Crippen molar-refractivity contribution in [3.63, 3.8) is 0 Å². The maximum absolute atomic E-state index is 12.2. The first-order chi connectivity index (χ1) is 15.5. The minimum atomic E-state index is -1.41. The Morgan fingerprint density at radius 3 is 1.58 bits per heavy atom. The van der Waals surface area contributed by atoms with Crippen LogP contribution in [0.15, 0.2) is 45.3 Å². The topological polar surface area (TPSA) is 81.1 Å². The van der Waals surface area contributed by atoms with Gasteiger partial charge in [0.25, 0.3) is 11.8 Å². The lowest BCUT2D eigenvalue weighted by molar-refractivity contribution is -0.134. The quantitative estimate of drug-likeness (QED) is 0.507. The molecule has 4 rings (SSSR count). The molecule has 178 valence electrons. The van der Waals surface area contributed by atoms with Crippen molar-refractivity contribution in [2.75, 3.05) is 22.9 Å². The molecule has 6 nitrogen and oxygen atoms in total. The lowest BCUT2D eigenvalue weighted by atomic mass is 9.98. The van der Waals surface area contributed by atoms with Crippen molar-refractivity contribution >= 4 is 55.0 Å². The fourth-order valence-corrected chi connectivity index (χ4v) is 5.86. The van der Waals surface area contributed by atoms with Crippen LogP contribution in [0, 0.1) is 0 Å². The lowest BCUT2D eigenvalue weighted by Gasteiger charge is -2.19. The molecule has 2 unspecified atom stereocenters. The van der Waals surface area contributed by atoms with E-state index in [9.17, 15) is 19.8 Å². The summed E-state index contributed by atoms with van der Waals surface area (Å²) in [6.45, 7) is 8.51. The summed E-state index contributed by atoms with van der Waals surface area (Å²) in [6, 6.07) is 11.2. The number of unbranched alkanes of at least 4 members (excludes halogenated alkanes) is 1. The van der Waals surface area contributed by atoms with Crippen molar-refractivity contribution in [1.82, 2.24) is 0 Å². The number of halogens is 2. The molecule has 8 heteroatoms. The Morgan fingerprint density at radius 1 is 0.758 bits per heavy atom. The highest BCUT2D eigenvalue weighted by atomic mass is 79.9. The van der Waals surface area contributed by atoms with Crippen LogP contribution in [-0.4, -0.2) is 35.1 Å². The van der Waals surface area contributed by atoms with E-state index in [1.165, 1.54) is 0 Å². The monoisotopic (exact) mass is 580 g/mol. The van der Waals surface area contributed by atoms with Gasteiger partial charge in [0.05, 0.1) is 11.4 Å². The number of aliphatic hydroxyl groups is 2. The number of rotatable bonds is 5. The van der Waals surface area contributed by atoms with E-state index < -0.39 is 11.2 Å². The maximum Gasteiger partial charge on any atom is 0.263 e. The van der Waals surface area contributed by atoms with Gasteiger partial charge in [-0.05, 0) is 51.0 Å². The number of hydrogen-bond donors (Lipinski definition) is 2. The van der Waals surface area contributed by atoms with Gasteiger partial charge in [0.1, 0.15) is 0 Å². The lowest BCUT2D eigenvalue weighted by Crippen LogP contribution is -2.38. The van der Waals surface area contributed by atoms with Crippen LogP contribution in [0.5, 0.6) is 0 Å². The van der Waals surface area contributed by atoms with Crippen LogP contribution in [0.2, 0.25) is 0 Å². The highest BCUT2D eigenvalue weighted by molar-refractivity contribution is 9.10. The second kappa shape index (κ2) is 9.86. The minimum Gasteiger partial charge on any atom is -0.375 e. The molecule has 0 radical (unpaired) electrons. The van der Waals surface area contributed by atoms with Crippen LogP contribution in [0.25, 0.3) is 0 Å². The average molecular weight is 582 g/mol. The van der Waals surface area contributed by atoms with E-state index in [2.05, 4.69) is 38.8 Å². The molecule has 2 atom stereocenters. The van der Waals surface area contributed by atoms with E-state index >= 15 is 0 Å². The number of carbonyl (C=O) groups excluding carboxylic acids is 2. The van der Waals surface area contributed by atoms with Gasteiger partial charge < -0.3 is 20.0 Å². The first-order valence-corrected chi connectivity index (χ1v) is 12.7. The van der Waals surface area contributed by atoms with E-state index in [0.717, 1.165) is 39.6 Å². The molecule has 2 aromatic rings. The average Bonchev–Trinajstić information content (AvgIpc) is 3.08. The summed E-state index contributed by atoms with van der Waals surface area (Å²) in [7, 11) is 0. The molecule has 2 amide bonds. The summed E-state index contributed by atoms with van der Waals surface area (Å²) in [5, 5.41) is 20.6. The molecule has 0 saturated heterocycles. The van der Waals surface area contributed by atoms with Crippen molar-refractivity contribution in [2.45, 2.75) is 58.2 Å². The SMILES string of the molecule is CCCCN1C(=O)C(C)(O)c2c(Br)cccc21.CCCN1C(=O)C(C)(O)c2c(Br)cccc21. The standard InChI is InChI=1S/C13H16BrNO2.C12H14BrNO2/c1-3-4-8-15-10-7-5-6-9(14)11(10)13(2,17)12(15)16;1-3-7-14-9-6-4-5-8(13)10(9)12(2,16)11(14)15/h5-7,17H,3-4,8H2,1-2H3;4-6,16H,3,7H2,1-2H3. The van der Waals surface area contributed by atoms with Crippen LogP contribution in [0.4, 0.5) is 11.4 Å². The molecule has 0 saturated carbocycles. The molecule has 2 aromatic carbocycles. The number of anilines is 2. The van der Waals surface area contributed by atoms with Gasteiger partial charge >= 0.3 is 0 Å². The third-order valence-corrected chi connectivity index (χ3v) is 7.37. The largest absolute Gasteiger partial charge is 0.375 e. The summed E-state index contributed by atoms with van der Waals surface area (Å²) >= 11 is 6.80. The molecule has 0 spiro atoms. The zero-order valence-corrected chi connectivity index (χ0v) is 22.5. The van der Waals surface area contributed by atoms with Gasteiger partial charge in [0, 0.05) is 33.2 Å². The minimum absolute atomic E-state index is 0.229. The molecule has 2 aliphatic heterocycles. The fourth-order valence-electron chi connectivity index (χ4n) is 4.38. The number of fused-ring (bicyclic) bond motifs is 2. The highest BCUT2D eigenvalue weighted by Gasteiger charge is 2.47. The molecule has 0 bridgehead atoms. The van der Waals surface area contributed by atoms with Crippen molar-refractivity contribution < 1.29 is 19.8 Å². The summed E-state index contributed by atoms with van der Waals surface area (Å²) in [6.07, 6.45) is 2.83. The molecule has 0 aromatic heterocycles. The molecule has 33 heavy (non-hydrogen) atoms. The molecular weight excluding hydrogens is 552 g/mol. The van der Waals surface area contributed by atoms with Gasteiger partial charge in [0.2, 0.25) is 0 Å². The summed E-state index contributed by atoms with van der Waals surface area (Å²) in [5.74, 6) is -0.468. The zero-order valence-electron chi connectivity index (χ0n) is 19.4. The van der Waals surface area contributed by atoms with Gasteiger partial charge in [-0.2, -0.15) is 0 Å². The third kappa shape index (κ3) is 4.50. The van der Waals surface area contributed by atoms with Gasteiger partial charge in [-0.25, -0.2) is 0 Å². The number of benzene rings is 2. The smallest absolute Gasteiger partial charge is 0.263 e. The van der Waals surface area contributed by atoms with E-state index in [-0.39, 0.29) is 11.8 Å². The summed E-state index contributed by atoms with van der Waals surface area (Å²) < 4.78 is 1.56. The Bertz CT molecular complexity index is 1070. The number of carbonyl (C=O) groups is 2. The van der Waals surface area contributed by atoms with Gasteiger partial charge in [-0.3, -0.25) is 9.59 Å². The first-order valence-electron chi connectivity index (χ1n) is 11.2. The first kappa shape index (κ1) is 25.9. The van der Waals surface area contributed by atoms with Crippen LogP contribution < -0.4 is 9.80 Å². The zero-order chi connectivity index (χ0) is 24.6. The second-order valence-electron chi connectivity index (χ2n) is 8.68. The second-order valence-corrected chi connectivity index (χ2v) is 10.4. The molecule has 0 fully saturated rings. The van der Waals surface area contributed by atoms with Crippen molar-refractivity contribution in [1.29, 1.82) is 0 Å².